The van der Waals surface area contributed by atoms with Crippen molar-refractivity contribution >= 4 is 11.9 Å². The average Bonchev–Trinajstić information content (AvgIpc) is 2.63. The predicted molar refractivity (Wildman–Crippen MR) is 100.0 cm³/mol. The van der Waals surface area contributed by atoms with Crippen LogP contribution in [0.5, 0.6) is 5.75 Å². The Balaban J connectivity index is 2.17. The molecule has 0 saturated heterocycles. The van der Waals surface area contributed by atoms with Crippen LogP contribution < -0.4 is 4.74 Å². The van der Waals surface area contributed by atoms with E-state index in [1.165, 1.54) is 0 Å². The summed E-state index contributed by atoms with van der Waals surface area (Å²) >= 11 is 0. The fourth-order valence-corrected chi connectivity index (χ4v) is 2.31. The van der Waals surface area contributed by atoms with Crippen molar-refractivity contribution in [3.63, 3.8) is 0 Å². The number of carbonyl (C=O) groups is 1. The zero-order valence-electron chi connectivity index (χ0n) is 15.1. The van der Waals surface area contributed by atoms with Crippen LogP contribution in [0.25, 0.3) is 6.08 Å². The van der Waals surface area contributed by atoms with E-state index in [0.29, 0.717) is 17.9 Å². The normalized spacial score (nSPS) is 11.3. The number of ketones is 1. The molecule has 2 aromatic carbocycles. The minimum atomic E-state index is -0.610. The first kappa shape index (κ1) is 19.0. The molecule has 0 heterocycles. The van der Waals surface area contributed by atoms with Gasteiger partial charge in [0.05, 0.1) is 17.2 Å². The zero-order chi connectivity index (χ0) is 19.2. The summed E-state index contributed by atoms with van der Waals surface area (Å²) in [5.74, 6) is 0.432. The van der Waals surface area contributed by atoms with Crippen molar-refractivity contribution in [3.05, 3.63) is 70.8 Å². The first-order valence-corrected chi connectivity index (χ1v) is 8.22. The van der Waals surface area contributed by atoms with E-state index < -0.39 is 5.41 Å². The summed E-state index contributed by atoms with van der Waals surface area (Å²) in [4.78, 5) is 12.3. The third-order valence-corrected chi connectivity index (χ3v) is 3.68. The van der Waals surface area contributed by atoms with E-state index in [-0.39, 0.29) is 11.4 Å². The molecule has 4 heteroatoms. The lowest BCUT2D eigenvalue weighted by atomic mass is 9.86. The van der Waals surface area contributed by atoms with Gasteiger partial charge in [0, 0.05) is 5.41 Å². The first-order chi connectivity index (χ1) is 12.3. The Labute approximate surface area is 154 Å². The van der Waals surface area contributed by atoms with Crippen LogP contribution in [0, 0.1) is 28.1 Å². The van der Waals surface area contributed by atoms with Crippen molar-refractivity contribution in [1.29, 1.82) is 10.5 Å². The molecule has 2 aromatic rings. The maximum atomic E-state index is 12.3. The summed E-state index contributed by atoms with van der Waals surface area (Å²) in [6.45, 7) is 5.69. The number of hydrogen-bond acceptors (Lipinski definition) is 4. The first-order valence-electron chi connectivity index (χ1n) is 8.22. The smallest absolute Gasteiger partial charge is 0.178 e. The van der Waals surface area contributed by atoms with Gasteiger partial charge in [-0.05, 0) is 41.5 Å². The van der Waals surface area contributed by atoms with Crippen molar-refractivity contribution in [2.24, 2.45) is 5.41 Å². The number of allylic oxidation sites excluding steroid dienone is 1. The minimum Gasteiger partial charge on any atom is -0.489 e. The molecular weight excluding hydrogens is 324 g/mol. The number of nitrogens with zero attached hydrogens (tertiary/aromatic N) is 2. The van der Waals surface area contributed by atoms with Crippen molar-refractivity contribution in [3.8, 4) is 17.9 Å². The molecule has 0 fully saturated rings. The Bertz CT molecular complexity index is 922. The highest BCUT2D eigenvalue weighted by molar-refractivity contribution is 6.06. The number of nitriles is 2. The number of rotatable bonds is 5. The monoisotopic (exact) mass is 344 g/mol. The number of ether oxygens (including phenoxy) is 1. The second-order valence-electron chi connectivity index (χ2n) is 6.92. The lowest BCUT2D eigenvalue weighted by Crippen LogP contribution is -2.21. The van der Waals surface area contributed by atoms with Gasteiger partial charge >= 0.3 is 0 Å². The highest BCUT2D eigenvalue weighted by atomic mass is 16.5. The molecular formula is C22H20N2O2. The van der Waals surface area contributed by atoms with Crippen LogP contribution in [0.1, 0.15) is 37.5 Å². The van der Waals surface area contributed by atoms with Gasteiger partial charge in [0.1, 0.15) is 18.4 Å². The lowest BCUT2D eigenvalue weighted by molar-refractivity contribution is -0.121. The SMILES string of the molecule is CC(C)(C)C(=O)/C(C#N)=C/c1cccc(OCc2cccc(C#N)c2)c1. The van der Waals surface area contributed by atoms with Gasteiger partial charge in [-0.2, -0.15) is 10.5 Å². The van der Waals surface area contributed by atoms with Crippen LogP contribution in [0.4, 0.5) is 0 Å². The summed E-state index contributed by atoms with van der Waals surface area (Å²) in [5.41, 5.74) is 1.72. The van der Waals surface area contributed by atoms with Gasteiger partial charge in [0.15, 0.2) is 5.78 Å². The Morgan fingerprint density at radius 1 is 1.12 bits per heavy atom. The zero-order valence-corrected chi connectivity index (χ0v) is 15.1. The summed E-state index contributed by atoms with van der Waals surface area (Å²) in [6.07, 6.45) is 1.58. The molecule has 130 valence electrons. The molecule has 0 unspecified atom stereocenters. The molecule has 4 nitrogen and oxygen atoms in total. The summed E-state index contributed by atoms with van der Waals surface area (Å²) < 4.78 is 5.77. The maximum absolute atomic E-state index is 12.3. The largest absolute Gasteiger partial charge is 0.489 e. The lowest BCUT2D eigenvalue weighted by Gasteiger charge is -2.15. The Morgan fingerprint density at radius 3 is 2.50 bits per heavy atom. The van der Waals surface area contributed by atoms with Gasteiger partial charge in [-0.15, -0.1) is 0 Å². The third-order valence-electron chi connectivity index (χ3n) is 3.68. The van der Waals surface area contributed by atoms with Gasteiger partial charge < -0.3 is 4.74 Å². The van der Waals surface area contributed by atoms with Gasteiger partial charge in [-0.25, -0.2) is 0 Å². The summed E-state index contributed by atoms with van der Waals surface area (Å²) in [6, 6.07) is 18.5. The molecule has 0 N–H and O–H groups in total. The van der Waals surface area contributed by atoms with E-state index >= 15 is 0 Å². The molecule has 0 atom stereocenters. The van der Waals surface area contributed by atoms with Crippen molar-refractivity contribution in [2.75, 3.05) is 0 Å². The molecule has 26 heavy (non-hydrogen) atoms. The van der Waals surface area contributed by atoms with Crippen LogP contribution in [0.15, 0.2) is 54.1 Å². The fourth-order valence-electron chi connectivity index (χ4n) is 2.31. The molecule has 0 amide bonds. The van der Waals surface area contributed by atoms with E-state index in [2.05, 4.69) is 6.07 Å². The second-order valence-corrected chi connectivity index (χ2v) is 6.92. The molecule has 0 aliphatic heterocycles. The third kappa shape index (κ3) is 5.06. The van der Waals surface area contributed by atoms with E-state index in [0.717, 1.165) is 11.1 Å². The molecule has 2 rings (SSSR count). The van der Waals surface area contributed by atoms with Crippen LogP contribution in [0.3, 0.4) is 0 Å². The molecule has 0 spiro atoms. The van der Waals surface area contributed by atoms with Gasteiger partial charge in [0.25, 0.3) is 0 Å². The molecule has 0 saturated carbocycles. The molecule has 0 bridgehead atoms. The van der Waals surface area contributed by atoms with Gasteiger partial charge in [-0.3, -0.25) is 4.79 Å². The molecule has 0 aromatic heterocycles. The van der Waals surface area contributed by atoms with E-state index in [9.17, 15) is 10.1 Å². The number of hydrogen-bond donors (Lipinski definition) is 0. The van der Waals surface area contributed by atoms with Crippen LogP contribution in [-0.2, 0) is 11.4 Å². The Morgan fingerprint density at radius 2 is 1.85 bits per heavy atom. The van der Waals surface area contributed by atoms with Gasteiger partial charge in [-0.1, -0.05) is 45.0 Å². The number of benzene rings is 2. The predicted octanol–water partition coefficient (Wildman–Crippen LogP) is 4.66. The van der Waals surface area contributed by atoms with Crippen molar-refractivity contribution < 1.29 is 9.53 Å². The quantitative estimate of drug-likeness (QED) is 0.584. The number of Topliss-reactive ketones (excluding diaryl/α,β-unsaturated/α-hetero) is 1. The topological polar surface area (TPSA) is 73.9 Å². The highest BCUT2D eigenvalue weighted by Crippen LogP contribution is 2.23. The highest BCUT2D eigenvalue weighted by Gasteiger charge is 2.24. The standard InChI is InChI=1S/C22H20N2O2/c1-22(2,3)21(25)19(14-24)11-16-6-5-9-20(12-16)26-15-18-8-4-7-17(10-18)13-23/h4-12H,15H2,1-3H3/b19-11+. The summed E-state index contributed by atoms with van der Waals surface area (Å²) in [7, 11) is 0. The van der Waals surface area contributed by atoms with E-state index in [1.54, 1.807) is 45.0 Å². The van der Waals surface area contributed by atoms with E-state index in [4.69, 9.17) is 10.00 Å². The van der Waals surface area contributed by atoms with Crippen LogP contribution in [0.2, 0.25) is 0 Å². The fraction of sp³-hybridized carbons (Fsp3) is 0.227. The van der Waals surface area contributed by atoms with Crippen molar-refractivity contribution in [1.82, 2.24) is 0 Å². The van der Waals surface area contributed by atoms with E-state index in [1.807, 2.05) is 36.4 Å². The Kier molecular flexibility index (Phi) is 5.94. The number of carbonyl (C=O) groups excluding carboxylic acids is 1. The summed E-state index contributed by atoms with van der Waals surface area (Å²) in [5, 5.41) is 18.2. The van der Waals surface area contributed by atoms with Crippen LogP contribution >= 0.6 is 0 Å². The maximum Gasteiger partial charge on any atom is 0.178 e. The average molecular weight is 344 g/mol. The van der Waals surface area contributed by atoms with Crippen molar-refractivity contribution in [2.45, 2.75) is 27.4 Å². The van der Waals surface area contributed by atoms with Crippen LogP contribution in [-0.4, -0.2) is 5.78 Å². The molecule has 0 aliphatic carbocycles. The molecule has 0 radical (unpaired) electrons. The van der Waals surface area contributed by atoms with Gasteiger partial charge in [0.2, 0.25) is 0 Å². The second kappa shape index (κ2) is 8.14. The molecule has 0 aliphatic rings. The minimum absolute atomic E-state index is 0.122. The Hall–Kier alpha value is -3.37.